The number of aliphatic imine (C=N–C) groups is 1. The number of guanidine groups is 1. The SMILES string of the molecule is CCNC(=NCc1ccc(OC)cc1)NCCCOCC(F)(F)F.I. The van der Waals surface area contributed by atoms with Crippen LogP contribution in [-0.2, 0) is 11.3 Å². The third-order valence-electron chi connectivity index (χ3n) is 2.95. The Morgan fingerprint density at radius 3 is 2.40 bits per heavy atom. The van der Waals surface area contributed by atoms with Gasteiger partial charge in [0, 0.05) is 19.7 Å². The Morgan fingerprint density at radius 1 is 1.16 bits per heavy atom. The molecule has 144 valence electrons. The minimum Gasteiger partial charge on any atom is -0.497 e. The van der Waals surface area contributed by atoms with E-state index in [1.165, 1.54) is 0 Å². The minimum atomic E-state index is -4.28. The third kappa shape index (κ3) is 11.9. The van der Waals surface area contributed by atoms with Crippen LogP contribution in [-0.4, -0.2) is 45.5 Å². The summed E-state index contributed by atoms with van der Waals surface area (Å²) in [5, 5.41) is 6.15. The minimum absolute atomic E-state index is 0. The molecule has 1 rings (SSSR count). The lowest BCUT2D eigenvalue weighted by Crippen LogP contribution is -2.38. The second-order valence-electron chi connectivity index (χ2n) is 4.99. The molecule has 5 nitrogen and oxygen atoms in total. The topological polar surface area (TPSA) is 54.9 Å². The number of benzene rings is 1. The zero-order valence-electron chi connectivity index (χ0n) is 14.4. The second kappa shape index (κ2) is 13.0. The molecule has 0 saturated carbocycles. The third-order valence-corrected chi connectivity index (χ3v) is 2.95. The molecule has 9 heteroatoms. The predicted octanol–water partition coefficient (Wildman–Crippen LogP) is 3.34. The van der Waals surface area contributed by atoms with Gasteiger partial charge in [0.1, 0.15) is 12.4 Å². The Labute approximate surface area is 163 Å². The van der Waals surface area contributed by atoms with E-state index >= 15 is 0 Å². The van der Waals surface area contributed by atoms with E-state index in [4.69, 9.17) is 4.74 Å². The van der Waals surface area contributed by atoms with E-state index in [2.05, 4.69) is 20.4 Å². The van der Waals surface area contributed by atoms with Crippen LogP contribution in [0.5, 0.6) is 5.75 Å². The van der Waals surface area contributed by atoms with Gasteiger partial charge in [-0.25, -0.2) is 4.99 Å². The zero-order chi connectivity index (χ0) is 17.8. The molecule has 0 saturated heterocycles. The molecule has 0 fully saturated rings. The fourth-order valence-corrected chi connectivity index (χ4v) is 1.81. The number of hydrogen-bond donors (Lipinski definition) is 2. The highest BCUT2D eigenvalue weighted by Crippen LogP contribution is 2.14. The van der Waals surface area contributed by atoms with Gasteiger partial charge >= 0.3 is 6.18 Å². The highest BCUT2D eigenvalue weighted by Gasteiger charge is 2.27. The van der Waals surface area contributed by atoms with Gasteiger partial charge in [-0.05, 0) is 31.0 Å². The monoisotopic (exact) mass is 475 g/mol. The summed E-state index contributed by atoms with van der Waals surface area (Å²) in [5.41, 5.74) is 1.03. The maximum atomic E-state index is 11.9. The summed E-state index contributed by atoms with van der Waals surface area (Å²) in [7, 11) is 1.61. The summed E-state index contributed by atoms with van der Waals surface area (Å²) in [6, 6.07) is 7.58. The van der Waals surface area contributed by atoms with Crippen LogP contribution in [0.15, 0.2) is 29.3 Å². The van der Waals surface area contributed by atoms with Gasteiger partial charge in [0.05, 0.1) is 13.7 Å². The second-order valence-corrected chi connectivity index (χ2v) is 4.99. The first-order chi connectivity index (χ1) is 11.4. The number of ether oxygens (including phenoxy) is 2. The van der Waals surface area contributed by atoms with Crippen molar-refractivity contribution >= 4 is 29.9 Å². The first kappa shape index (κ1) is 23.8. The number of methoxy groups -OCH3 is 1. The zero-order valence-corrected chi connectivity index (χ0v) is 16.7. The Hall–Kier alpha value is -1.23. The number of alkyl halides is 3. The lowest BCUT2D eigenvalue weighted by Gasteiger charge is -2.12. The van der Waals surface area contributed by atoms with Crippen LogP contribution in [0.2, 0.25) is 0 Å². The van der Waals surface area contributed by atoms with E-state index in [1.807, 2.05) is 31.2 Å². The van der Waals surface area contributed by atoms with Crippen molar-refractivity contribution in [3.8, 4) is 5.75 Å². The van der Waals surface area contributed by atoms with Crippen LogP contribution in [0.25, 0.3) is 0 Å². The van der Waals surface area contributed by atoms with Crippen molar-refractivity contribution in [3.05, 3.63) is 29.8 Å². The first-order valence-corrected chi connectivity index (χ1v) is 7.74. The summed E-state index contributed by atoms with van der Waals surface area (Å²) in [6.45, 7) is 2.44. The normalized spacial score (nSPS) is 11.6. The van der Waals surface area contributed by atoms with Gasteiger partial charge in [-0.15, -0.1) is 24.0 Å². The Morgan fingerprint density at radius 2 is 1.84 bits per heavy atom. The summed E-state index contributed by atoms with van der Waals surface area (Å²) >= 11 is 0. The number of rotatable bonds is 9. The van der Waals surface area contributed by atoms with Crippen molar-refractivity contribution < 1.29 is 22.6 Å². The lowest BCUT2D eigenvalue weighted by atomic mass is 10.2. The van der Waals surface area contributed by atoms with Crippen LogP contribution in [0.3, 0.4) is 0 Å². The maximum Gasteiger partial charge on any atom is 0.411 e. The van der Waals surface area contributed by atoms with Crippen molar-refractivity contribution in [2.75, 3.05) is 33.4 Å². The van der Waals surface area contributed by atoms with Gasteiger partial charge in [0.2, 0.25) is 0 Å². The molecule has 0 aliphatic carbocycles. The number of nitrogens with zero attached hydrogens (tertiary/aromatic N) is 1. The van der Waals surface area contributed by atoms with Crippen molar-refractivity contribution in [2.45, 2.75) is 26.1 Å². The number of halogens is 4. The van der Waals surface area contributed by atoms with Gasteiger partial charge < -0.3 is 20.1 Å². The van der Waals surface area contributed by atoms with E-state index < -0.39 is 12.8 Å². The fraction of sp³-hybridized carbons (Fsp3) is 0.562. The van der Waals surface area contributed by atoms with E-state index in [0.717, 1.165) is 11.3 Å². The standard InChI is InChI=1S/C16H24F3N3O2.HI/c1-3-20-15(21-9-4-10-24-12-16(17,18)19)22-11-13-5-7-14(23-2)8-6-13;/h5-8H,3-4,9-12H2,1-2H3,(H2,20,21,22);1H. The summed E-state index contributed by atoms with van der Waals surface area (Å²) < 4.78 is 45.4. The van der Waals surface area contributed by atoms with Gasteiger partial charge in [-0.1, -0.05) is 12.1 Å². The molecule has 0 spiro atoms. The van der Waals surface area contributed by atoms with Crippen molar-refractivity contribution in [1.29, 1.82) is 0 Å². The summed E-state index contributed by atoms with van der Waals surface area (Å²) in [4.78, 5) is 4.43. The van der Waals surface area contributed by atoms with Gasteiger partial charge in [0.25, 0.3) is 0 Å². The van der Waals surface area contributed by atoms with Crippen LogP contribution < -0.4 is 15.4 Å². The molecular formula is C16H25F3IN3O2. The first-order valence-electron chi connectivity index (χ1n) is 7.74. The molecule has 0 aromatic heterocycles. The highest BCUT2D eigenvalue weighted by molar-refractivity contribution is 14.0. The molecule has 0 atom stereocenters. The van der Waals surface area contributed by atoms with Crippen molar-refractivity contribution in [3.63, 3.8) is 0 Å². The largest absolute Gasteiger partial charge is 0.497 e. The molecular weight excluding hydrogens is 450 g/mol. The van der Waals surface area contributed by atoms with Crippen molar-refractivity contribution in [2.24, 2.45) is 4.99 Å². The van der Waals surface area contributed by atoms with Gasteiger partial charge in [0.15, 0.2) is 5.96 Å². The summed E-state index contributed by atoms with van der Waals surface area (Å²) in [6.07, 6.45) is -3.81. The maximum absolute atomic E-state index is 11.9. The van der Waals surface area contributed by atoms with Gasteiger partial charge in [-0.2, -0.15) is 13.2 Å². The van der Waals surface area contributed by atoms with E-state index in [1.54, 1.807) is 7.11 Å². The molecule has 1 aromatic rings. The van der Waals surface area contributed by atoms with Gasteiger partial charge in [-0.3, -0.25) is 0 Å². The van der Waals surface area contributed by atoms with Crippen molar-refractivity contribution in [1.82, 2.24) is 10.6 Å². The molecule has 0 bridgehead atoms. The molecule has 25 heavy (non-hydrogen) atoms. The molecule has 2 N–H and O–H groups in total. The molecule has 0 radical (unpaired) electrons. The van der Waals surface area contributed by atoms with Crippen LogP contribution in [0.1, 0.15) is 18.9 Å². The molecule has 0 heterocycles. The van der Waals surface area contributed by atoms with E-state index in [9.17, 15) is 13.2 Å². The Kier molecular flexibility index (Phi) is 12.4. The lowest BCUT2D eigenvalue weighted by molar-refractivity contribution is -0.173. The number of hydrogen-bond acceptors (Lipinski definition) is 3. The average Bonchev–Trinajstić information content (AvgIpc) is 2.55. The Bertz CT molecular complexity index is 496. The van der Waals surface area contributed by atoms with Crippen LogP contribution >= 0.6 is 24.0 Å². The van der Waals surface area contributed by atoms with E-state index in [0.29, 0.717) is 32.0 Å². The smallest absolute Gasteiger partial charge is 0.411 e. The Balaban J connectivity index is 0.00000576. The van der Waals surface area contributed by atoms with Crippen LogP contribution in [0.4, 0.5) is 13.2 Å². The molecule has 0 unspecified atom stereocenters. The fourth-order valence-electron chi connectivity index (χ4n) is 1.81. The number of nitrogens with one attached hydrogen (secondary N) is 2. The highest BCUT2D eigenvalue weighted by atomic mass is 127. The molecule has 0 aliphatic rings. The quantitative estimate of drug-likeness (QED) is 0.249. The van der Waals surface area contributed by atoms with Crippen LogP contribution in [0, 0.1) is 0 Å². The predicted molar refractivity (Wildman–Crippen MR) is 103 cm³/mol. The molecule has 0 aliphatic heterocycles. The molecule has 1 aromatic carbocycles. The average molecular weight is 475 g/mol. The van der Waals surface area contributed by atoms with E-state index in [-0.39, 0.29) is 30.6 Å². The summed E-state index contributed by atoms with van der Waals surface area (Å²) in [5.74, 6) is 1.40. The molecule has 0 amide bonds.